The van der Waals surface area contributed by atoms with Gasteiger partial charge in [0.25, 0.3) is 0 Å². The molecular weight excluding hydrogens is 270 g/mol. The van der Waals surface area contributed by atoms with Crippen molar-refractivity contribution in [2.24, 2.45) is 0 Å². The second kappa shape index (κ2) is 4.17. The van der Waals surface area contributed by atoms with Gasteiger partial charge in [-0.25, -0.2) is 0 Å². The summed E-state index contributed by atoms with van der Waals surface area (Å²) in [6.07, 6.45) is 0. The van der Waals surface area contributed by atoms with Gasteiger partial charge in [-0.2, -0.15) is 5.10 Å². The minimum absolute atomic E-state index is 0.678. The fourth-order valence-corrected chi connectivity index (χ4v) is 2.01. The number of benzene rings is 1. The topological polar surface area (TPSA) is 63.9 Å². The number of hydrogen-bond acceptors (Lipinski definition) is 3. The molecule has 2 aromatic rings. The van der Waals surface area contributed by atoms with Crippen molar-refractivity contribution >= 4 is 21.6 Å². The van der Waals surface area contributed by atoms with E-state index in [0.717, 1.165) is 27.2 Å². The van der Waals surface area contributed by atoms with Crippen LogP contribution in [0, 0.1) is 6.92 Å². The van der Waals surface area contributed by atoms with Crippen LogP contribution in [0.2, 0.25) is 0 Å². The number of halogens is 1. The number of nitrogens with zero attached hydrogens (tertiary/aromatic N) is 1. The average Bonchev–Trinajstić information content (AvgIpc) is 2.60. The highest BCUT2D eigenvalue weighted by molar-refractivity contribution is 9.10. The fraction of sp³-hybridized carbons (Fsp3) is 0.182. The molecule has 0 saturated heterocycles. The second-order valence-electron chi connectivity index (χ2n) is 3.46. The lowest BCUT2D eigenvalue weighted by atomic mass is 10.1. The van der Waals surface area contributed by atoms with E-state index < -0.39 is 0 Å². The van der Waals surface area contributed by atoms with Gasteiger partial charge in [0, 0.05) is 5.56 Å². The van der Waals surface area contributed by atoms with Crippen LogP contribution in [0.25, 0.3) is 11.3 Å². The van der Waals surface area contributed by atoms with E-state index in [1.54, 1.807) is 7.11 Å². The summed E-state index contributed by atoms with van der Waals surface area (Å²) in [4.78, 5) is 0. The molecule has 3 N–H and O–H groups in total. The van der Waals surface area contributed by atoms with Crippen molar-refractivity contribution in [3.8, 4) is 17.0 Å². The molecule has 1 heterocycles. The smallest absolute Gasteiger partial charge is 0.133 e. The zero-order chi connectivity index (χ0) is 11.7. The van der Waals surface area contributed by atoms with E-state index in [4.69, 9.17) is 10.5 Å². The Balaban J connectivity index is 2.49. The molecule has 0 aliphatic rings. The van der Waals surface area contributed by atoms with Gasteiger partial charge in [0.15, 0.2) is 0 Å². The van der Waals surface area contributed by atoms with Crippen LogP contribution in [0.15, 0.2) is 22.7 Å². The van der Waals surface area contributed by atoms with Crippen LogP contribution < -0.4 is 10.5 Å². The number of aromatic nitrogens is 2. The van der Waals surface area contributed by atoms with E-state index in [-0.39, 0.29) is 0 Å². The SMILES string of the molecule is COc1ccc(-c2n[nH]c(C)c2N)cc1Br. The highest BCUT2D eigenvalue weighted by Gasteiger charge is 2.10. The summed E-state index contributed by atoms with van der Waals surface area (Å²) in [5, 5.41) is 7.03. The summed E-state index contributed by atoms with van der Waals surface area (Å²) >= 11 is 3.43. The maximum absolute atomic E-state index is 5.91. The molecule has 5 heteroatoms. The van der Waals surface area contributed by atoms with Crippen LogP contribution in [0.4, 0.5) is 5.69 Å². The Labute approximate surface area is 102 Å². The molecule has 84 valence electrons. The van der Waals surface area contributed by atoms with Gasteiger partial charge in [-0.15, -0.1) is 0 Å². The van der Waals surface area contributed by atoms with E-state index in [9.17, 15) is 0 Å². The summed E-state index contributed by atoms with van der Waals surface area (Å²) in [6.45, 7) is 1.89. The van der Waals surface area contributed by atoms with Crippen molar-refractivity contribution < 1.29 is 4.74 Å². The summed E-state index contributed by atoms with van der Waals surface area (Å²) in [5.41, 5.74) is 9.19. The molecule has 2 rings (SSSR count). The van der Waals surface area contributed by atoms with Crippen LogP contribution >= 0.6 is 15.9 Å². The fourth-order valence-electron chi connectivity index (χ4n) is 1.47. The van der Waals surface area contributed by atoms with Gasteiger partial charge in [-0.05, 0) is 41.1 Å². The highest BCUT2D eigenvalue weighted by Crippen LogP contribution is 2.32. The van der Waals surface area contributed by atoms with Crippen molar-refractivity contribution in [3.05, 3.63) is 28.4 Å². The van der Waals surface area contributed by atoms with Gasteiger partial charge in [0.1, 0.15) is 11.4 Å². The third-order valence-electron chi connectivity index (χ3n) is 2.42. The van der Waals surface area contributed by atoms with Gasteiger partial charge in [-0.1, -0.05) is 0 Å². The van der Waals surface area contributed by atoms with Gasteiger partial charge in [-0.3, -0.25) is 5.10 Å². The largest absolute Gasteiger partial charge is 0.496 e. The maximum Gasteiger partial charge on any atom is 0.133 e. The van der Waals surface area contributed by atoms with E-state index in [0.29, 0.717) is 5.69 Å². The van der Waals surface area contributed by atoms with Crippen LogP contribution in [-0.2, 0) is 0 Å². The molecule has 0 aliphatic carbocycles. The number of anilines is 1. The molecule has 0 saturated carbocycles. The van der Waals surface area contributed by atoms with E-state index in [1.165, 1.54) is 0 Å². The third kappa shape index (κ3) is 1.78. The minimum atomic E-state index is 0.678. The zero-order valence-corrected chi connectivity index (χ0v) is 10.6. The molecule has 16 heavy (non-hydrogen) atoms. The number of hydrogen-bond donors (Lipinski definition) is 2. The Morgan fingerprint density at radius 1 is 1.44 bits per heavy atom. The predicted octanol–water partition coefficient (Wildman–Crippen LogP) is 2.74. The van der Waals surface area contributed by atoms with Gasteiger partial charge in [0.05, 0.1) is 23.0 Å². The number of methoxy groups -OCH3 is 1. The first kappa shape index (κ1) is 11.0. The average molecular weight is 282 g/mol. The number of aryl methyl sites for hydroxylation is 1. The first-order chi connectivity index (χ1) is 7.63. The third-order valence-corrected chi connectivity index (χ3v) is 3.04. The van der Waals surface area contributed by atoms with Crippen molar-refractivity contribution in [1.29, 1.82) is 0 Å². The van der Waals surface area contributed by atoms with Crippen LogP contribution in [0.5, 0.6) is 5.75 Å². The molecule has 0 amide bonds. The Bertz CT molecular complexity index is 522. The molecule has 0 atom stereocenters. The second-order valence-corrected chi connectivity index (χ2v) is 4.31. The monoisotopic (exact) mass is 281 g/mol. The maximum atomic E-state index is 5.91. The van der Waals surface area contributed by atoms with Crippen LogP contribution in [0.3, 0.4) is 0 Å². The van der Waals surface area contributed by atoms with Gasteiger partial charge < -0.3 is 10.5 Å². The summed E-state index contributed by atoms with van der Waals surface area (Å²) in [5.74, 6) is 0.787. The number of aromatic amines is 1. The number of H-pyrrole nitrogens is 1. The van der Waals surface area contributed by atoms with Crippen molar-refractivity contribution in [2.45, 2.75) is 6.92 Å². The molecule has 4 nitrogen and oxygen atoms in total. The number of nitrogens with two attached hydrogens (primary N) is 1. The summed E-state index contributed by atoms with van der Waals surface area (Å²) in [7, 11) is 1.63. The molecule has 1 aromatic carbocycles. The van der Waals surface area contributed by atoms with Gasteiger partial charge in [0.2, 0.25) is 0 Å². The molecule has 0 aliphatic heterocycles. The lowest BCUT2D eigenvalue weighted by Gasteiger charge is -2.05. The standard InChI is InChI=1S/C11H12BrN3O/c1-6-10(13)11(15-14-6)7-3-4-9(16-2)8(12)5-7/h3-5H,13H2,1-2H3,(H,14,15). The first-order valence-corrected chi connectivity index (χ1v) is 5.57. The van der Waals surface area contributed by atoms with Gasteiger partial charge >= 0.3 is 0 Å². The molecular formula is C11H12BrN3O. The minimum Gasteiger partial charge on any atom is -0.496 e. The number of nitrogens with one attached hydrogen (secondary N) is 1. The lowest BCUT2D eigenvalue weighted by molar-refractivity contribution is 0.412. The molecule has 0 fully saturated rings. The van der Waals surface area contributed by atoms with Crippen molar-refractivity contribution in [1.82, 2.24) is 10.2 Å². The Kier molecular flexibility index (Phi) is 2.87. The quantitative estimate of drug-likeness (QED) is 0.890. The first-order valence-electron chi connectivity index (χ1n) is 4.78. The molecule has 0 unspecified atom stereocenters. The Morgan fingerprint density at radius 3 is 2.69 bits per heavy atom. The molecule has 0 radical (unpaired) electrons. The van der Waals surface area contributed by atoms with E-state index in [1.807, 2.05) is 25.1 Å². The Hall–Kier alpha value is -1.49. The van der Waals surface area contributed by atoms with E-state index in [2.05, 4.69) is 26.1 Å². The number of rotatable bonds is 2. The summed E-state index contributed by atoms with van der Waals surface area (Å²) < 4.78 is 6.05. The van der Waals surface area contributed by atoms with E-state index >= 15 is 0 Å². The lowest BCUT2D eigenvalue weighted by Crippen LogP contribution is -1.90. The van der Waals surface area contributed by atoms with Crippen LogP contribution in [0.1, 0.15) is 5.69 Å². The Morgan fingerprint density at radius 2 is 2.19 bits per heavy atom. The molecule has 0 spiro atoms. The van der Waals surface area contributed by atoms with Crippen LogP contribution in [-0.4, -0.2) is 17.3 Å². The number of nitrogen functional groups attached to an aromatic ring is 1. The highest BCUT2D eigenvalue weighted by atomic mass is 79.9. The number of ether oxygens (including phenoxy) is 1. The molecule has 0 bridgehead atoms. The predicted molar refractivity (Wildman–Crippen MR) is 67.4 cm³/mol. The molecule has 1 aromatic heterocycles. The normalized spacial score (nSPS) is 10.4. The zero-order valence-electron chi connectivity index (χ0n) is 9.04. The van der Waals surface area contributed by atoms with Crippen molar-refractivity contribution in [3.63, 3.8) is 0 Å². The van der Waals surface area contributed by atoms with Crippen molar-refractivity contribution in [2.75, 3.05) is 12.8 Å². The summed E-state index contributed by atoms with van der Waals surface area (Å²) in [6, 6.07) is 5.74.